The molecule has 0 aliphatic carbocycles. The number of ether oxygens (including phenoxy) is 1. The first kappa shape index (κ1) is 22.0. The minimum absolute atomic E-state index is 0.259. The summed E-state index contributed by atoms with van der Waals surface area (Å²) < 4.78 is 7.72. The van der Waals surface area contributed by atoms with Gasteiger partial charge in [-0.3, -0.25) is 14.6 Å². The van der Waals surface area contributed by atoms with Crippen LogP contribution < -0.4 is 15.4 Å². The molecule has 2 aromatic heterocycles. The van der Waals surface area contributed by atoms with E-state index >= 15 is 0 Å². The van der Waals surface area contributed by atoms with Gasteiger partial charge in [0.25, 0.3) is 5.91 Å². The van der Waals surface area contributed by atoms with E-state index in [0.717, 1.165) is 11.4 Å². The number of nitrogens with one attached hydrogen (secondary N) is 2. The van der Waals surface area contributed by atoms with Crippen molar-refractivity contribution in [1.82, 2.24) is 19.9 Å². The minimum atomic E-state index is -0.273. The van der Waals surface area contributed by atoms with E-state index in [4.69, 9.17) is 9.72 Å². The molecular weight excluding hydrogens is 418 g/mol. The van der Waals surface area contributed by atoms with Gasteiger partial charge in [-0.25, -0.2) is 4.98 Å². The molecule has 2 heterocycles. The van der Waals surface area contributed by atoms with E-state index in [9.17, 15) is 9.59 Å². The SMILES string of the molecule is C[C@@H](CNC(=O)c1cc(NC=O)cc2nc(Cc3ccccc3)n(C)c12)Oc1cccnc1. The van der Waals surface area contributed by atoms with Gasteiger partial charge in [-0.05, 0) is 36.8 Å². The van der Waals surface area contributed by atoms with Gasteiger partial charge in [-0.15, -0.1) is 0 Å². The lowest BCUT2D eigenvalue weighted by molar-refractivity contribution is -0.105. The Hall–Kier alpha value is -4.20. The Balaban J connectivity index is 1.59. The van der Waals surface area contributed by atoms with Crippen LogP contribution in [0.4, 0.5) is 5.69 Å². The minimum Gasteiger partial charge on any atom is -0.487 e. The molecule has 0 saturated carbocycles. The number of pyridine rings is 1. The fourth-order valence-electron chi connectivity index (χ4n) is 3.68. The number of aromatic nitrogens is 3. The molecule has 4 rings (SSSR count). The van der Waals surface area contributed by atoms with Gasteiger partial charge in [-0.1, -0.05) is 30.3 Å². The zero-order valence-electron chi connectivity index (χ0n) is 18.5. The summed E-state index contributed by atoms with van der Waals surface area (Å²) in [4.78, 5) is 33.0. The average molecular weight is 444 g/mol. The quantitative estimate of drug-likeness (QED) is 0.387. The summed E-state index contributed by atoms with van der Waals surface area (Å²) in [6.07, 6.45) is 4.25. The van der Waals surface area contributed by atoms with Crippen molar-refractivity contribution in [2.24, 2.45) is 7.05 Å². The first-order valence-electron chi connectivity index (χ1n) is 10.6. The highest BCUT2D eigenvalue weighted by molar-refractivity contribution is 6.07. The third kappa shape index (κ3) is 5.17. The lowest BCUT2D eigenvalue weighted by atomic mass is 10.1. The van der Waals surface area contributed by atoms with Gasteiger partial charge in [0.2, 0.25) is 6.41 Å². The molecule has 0 bridgehead atoms. The fourth-order valence-corrected chi connectivity index (χ4v) is 3.68. The third-order valence-corrected chi connectivity index (χ3v) is 5.26. The molecule has 2 N–H and O–H groups in total. The number of fused-ring (bicyclic) bond motifs is 1. The van der Waals surface area contributed by atoms with Gasteiger partial charge >= 0.3 is 0 Å². The van der Waals surface area contributed by atoms with E-state index < -0.39 is 0 Å². The number of nitrogens with zero attached hydrogens (tertiary/aromatic N) is 3. The van der Waals surface area contributed by atoms with Crippen LogP contribution in [0, 0.1) is 0 Å². The smallest absolute Gasteiger partial charge is 0.253 e. The number of hydrogen-bond donors (Lipinski definition) is 2. The van der Waals surface area contributed by atoms with Gasteiger partial charge in [0.1, 0.15) is 17.7 Å². The second-order valence-electron chi connectivity index (χ2n) is 7.73. The maximum absolute atomic E-state index is 13.2. The summed E-state index contributed by atoms with van der Waals surface area (Å²) in [5.41, 5.74) is 3.40. The molecule has 0 saturated heterocycles. The Kier molecular flexibility index (Phi) is 6.64. The maximum Gasteiger partial charge on any atom is 0.253 e. The molecule has 0 fully saturated rings. The molecule has 33 heavy (non-hydrogen) atoms. The standard InChI is InChI=1S/C25H25N5O3/c1-17(33-20-9-6-10-26-15-20)14-27-25(32)21-12-19(28-16-31)13-22-24(21)30(2)23(29-22)11-18-7-4-3-5-8-18/h3-10,12-13,15-17H,11,14H2,1-2H3,(H,27,32)(H,28,31)/t17-/m0/s1. The van der Waals surface area contributed by atoms with E-state index in [1.165, 1.54) is 0 Å². The lowest BCUT2D eigenvalue weighted by Crippen LogP contribution is -2.33. The van der Waals surface area contributed by atoms with Crippen LogP contribution in [0.15, 0.2) is 67.0 Å². The van der Waals surface area contributed by atoms with Crippen LogP contribution in [0.1, 0.15) is 28.7 Å². The van der Waals surface area contributed by atoms with Crippen molar-refractivity contribution in [1.29, 1.82) is 0 Å². The number of anilines is 1. The predicted octanol–water partition coefficient (Wildman–Crippen LogP) is 3.32. The predicted molar refractivity (Wildman–Crippen MR) is 126 cm³/mol. The zero-order valence-corrected chi connectivity index (χ0v) is 18.5. The van der Waals surface area contributed by atoms with Gasteiger partial charge in [0.15, 0.2) is 0 Å². The molecule has 0 aliphatic rings. The number of imidazole rings is 1. The summed E-state index contributed by atoms with van der Waals surface area (Å²) >= 11 is 0. The number of hydrogen-bond acceptors (Lipinski definition) is 5. The number of aryl methyl sites for hydroxylation is 1. The van der Waals surface area contributed by atoms with Crippen molar-refractivity contribution in [2.45, 2.75) is 19.4 Å². The topological polar surface area (TPSA) is 98.1 Å². The van der Waals surface area contributed by atoms with Crippen LogP contribution in [0.3, 0.4) is 0 Å². The Morgan fingerprint density at radius 3 is 2.73 bits per heavy atom. The summed E-state index contributed by atoms with van der Waals surface area (Å²) in [7, 11) is 1.89. The van der Waals surface area contributed by atoms with Crippen LogP contribution in [-0.2, 0) is 18.3 Å². The molecule has 2 aromatic carbocycles. The zero-order chi connectivity index (χ0) is 23.2. The second-order valence-corrected chi connectivity index (χ2v) is 7.73. The molecule has 8 nitrogen and oxygen atoms in total. The first-order chi connectivity index (χ1) is 16.0. The number of rotatable bonds is 9. The number of amides is 2. The summed E-state index contributed by atoms with van der Waals surface area (Å²) in [5, 5.41) is 5.55. The largest absolute Gasteiger partial charge is 0.487 e. The Morgan fingerprint density at radius 2 is 2.00 bits per heavy atom. The molecule has 4 aromatic rings. The van der Waals surface area contributed by atoms with Crippen LogP contribution in [-0.4, -0.2) is 39.5 Å². The highest BCUT2D eigenvalue weighted by Gasteiger charge is 2.19. The van der Waals surface area contributed by atoms with Crippen molar-refractivity contribution < 1.29 is 14.3 Å². The van der Waals surface area contributed by atoms with Crippen molar-refractivity contribution in [2.75, 3.05) is 11.9 Å². The van der Waals surface area contributed by atoms with Gasteiger partial charge in [0, 0.05) is 25.4 Å². The van der Waals surface area contributed by atoms with E-state index in [0.29, 0.717) is 47.4 Å². The molecule has 0 radical (unpaired) electrons. The molecule has 8 heteroatoms. The molecule has 0 aliphatic heterocycles. The van der Waals surface area contributed by atoms with Crippen LogP contribution in [0.25, 0.3) is 11.0 Å². The van der Waals surface area contributed by atoms with Crippen LogP contribution in [0.5, 0.6) is 5.75 Å². The van der Waals surface area contributed by atoms with Crippen molar-refractivity contribution in [3.05, 3.63) is 83.9 Å². The first-order valence-corrected chi connectivity index (χ1v) is 10.6. The van der Waals surface area contributed by atoms with Crippen molar-refractivity contribution >= 4 is 29.0 Å². The van der Waals surface area contributed by atoms with E-state index in [-0.39, 0.29) is 12.0 Å². The van der Waals surface area contributed by atoms with E-state index in [2.05, 4.69) is 15.6 Å². The molecule has 0 spiro atoms. The third-order valence-electron chi connectivity index (χ3n) is 5.26. The lowest BCUT2D eigenvalue weighted by Gasteiger charge is -2.16. The summed E-state index contributed by atoms with van der Waals surface area (Å²) in [6.45, 7) is 2.17. The van der Waals surface area contributed by atoms with Crippen molar-refractivity contribution in [3.8, 4) is 5.75 Å². The molecule has 168 valence electrons. The number of carbonyl (C=O) groups excluding carboxylic acids is 2. The van der Waals surface area contributed by atoms with Crippen LogP contribution >= 0.6 is 0 Å². The maximum atomic E-state index is 13.2. The van der Waals surface area contributed by atoms with E-state index in [1.807, 2.05) is 54.9 Å². The molecule has 2 amide bonds. The van der Waals surface area contributed by atoms with Gasteiger partial charge in [-0.2, -0.15) is 0 Å². The van der Waals surface area contributed by atoms with Crippen LogP contribution in [0.2, 0.25) is 0 Å². The highest BCUT2D eigenvalue weighted by Crippen LogP contribution is 2.25. The Labute approximate surface area is 191 Å². The summed E-state index contributed by atoms with van der Waals surface area (Å²) in [6, 6.07) is 17.0. The molecular formula is C25H25N5O3. The number of benzene rings is 2. The van der Waals surface area contributed by atoms with Gasteiger partial charge < -0.3 is 19.9 Å². The average Bonchev–Trinajstić information content (AvgIpc) is 3.13. The van der Waals surface area contributed by atoms with Gasteiger partial charge in [0.05, 0.1) is 29.3 Å². The Morgan fingerprint density at radius 1 is 1.18 bits per heavy atom. The highest BCUT2D eigenvalue weighted by atomic mass is 16.5. The monoisotopic (exact) mass is 443 g/mol. The molecule has 1 atom stereocenters. The van der Waals surface area contributed by atoms with Crippen molar-refractivity contribution in [3.63, 3.8) is 0 Å². The fraction of sp³-hybridized carbons (Fsp3) is 0.200. The second kappa shape index (κ2) is 9.95. The summed E-state index contributed by atoms with van der Waals surface area (Å²) in [5.74, 6) is 1.18. The number of carbonyl (C=O) groups is 2. The van der Waals surface area contributed by atoms with E-state index in [1.54, 1.807) is 30.6 Å². The normalized spacial score (nSPS) is 11.7. The molecule has 0 unspecified atom stereocenters. The Bertz CT molecular complexity index is 1260.